The second-order valence-electron chi connectivity index (χ2n) is 5.07. The number of rotatable bonds is 6. The molecule has 0 aromatic heterocycles. The fraction of sp³-hybridized carbons (Fsp3) is 0.211. The van der Waals surface area contributed by atoms with Gasteiger partial charge in [-0.2, -0.15) is 0 Å². The molecule has 1 atom stereocenters. The molecule has 22 heavy (non-hydrogen) atoms. The van der Waals surface area contributed by atoms with Crippen molar-refractivity contribution >= 4 is 12.0 Å². The fourth-order valence-electron chi connectivity index (χ4n) is 2.26. The van der Waals surface area contributed by atoms with Crippen LogP contribution < -0.4 is 5.32 Å². The Labute approximate surface area is 131 Å². The molecule has 0 radical (unpaired) electrons. The fourth-order valence-corrected chi connectivity index (χ4v) is 2.26. The normalized spacial score (nSPS) is 12.3. The summed E-state index contributed by atoms with van der Waals surface area (Å²) in [6.45, 7) is 2.48. The molecule has 3 heteroatoms. The third-order valence-corrected chi connectivity index (χ3v) is 3.51. The van der Waals surface area contributed by atoms with Crippen molar-refractivity contribution < 1.29 is 9.53 Å². The van der Waals surface area contributed by atoms with Crippen molar-refractivity contribution in [2.75, 3.05) is 13.7 Å². The van der Waals surface area contributed by atoms with E-state index >= 15 is 0 Å². The Morgan fingerprint density at radius 3 is 2.50 bits per heavy atom. The van der Waals surface area contributed by atoms with Gasteiger partial charge in [0.2, 0.25) is 5.91 Å². The average Bonchev–Trinajstić information content (AvgIpc) is 2.56. The van der Waals surface area contributed by atoms with E-state index in [2.05, 4.69) is 5.32 Å². The van der Waals surface area contributed by atoms with Crippen LogP contribution in [0.5, 0.6) is 0 Å². The van der Waals surface area contributed by atoms with Gasteiger partial charge in [0.15, 0.2) is 0 Å². The average molecular weight is 295 g/mol. The van der Waals surface area contributed by atoms with E-state index in [1.807, 2.05) is 61.5 Å². The second kappa shape index (κ2) is 8.15. The van der Waals surface area contributed by atoms with Gasteiger partial charge in [-0.3, -0.25) is 4.79 Å². The molecule has 2 aromatic rings. The van der Waals surface area contributed by atoms with Crippen LogP contribution in [0.15, 0.2) is 60.7 Å². The Balaban J connectivity index is 1.92. The number of hydrogen-bond donors (Lipinski definition) is 1. The van der Waals surface area contributed by atoms with Crippen molar-refractivity contribution in [3.05, 3.63) is 77.4 Å². The lowest BCUT2D eigenvalue weighted by molar-refractivity contribution is -0.117. The number of methoxy groups -OCH3 is 1. The summed E-state index contributed by atoms with van der Waals surface area (Å²) in [5.41, 5.74) is 3.25. The van der Waals surface area contributed by atoms with Crippen molar-refractivity contribution in [2.24, 2.45) is 0 Å². The highest BCUT2D eigenvalue weighted by molar-refractivity contribution is 5.91. The monoisotopic (exact) mass is 295 g/mol. The minimum atomic E-state index is -0.143. The van der Waals surface area contributed by atoms with Crippen molar-refractivity contribution in [1.29, 1.82) is 0 Å². The molecular weight excluding hydrogens is 274 g/mol. The van der Waals surface area contributed by atoms with E-state index in [1.54, 1.807) is 19.3 Å². The van der Waals surface area contributed by atoms with E-state index in [0.717, 1.165) is 16.7 Å². The third-order valence-electron chi connectivity index (χ3n) is 3.51. The lowest BCUT2D eigenvalue weighted by Gasteiger charge is -2.18. The van der Waals surface area contributed by atoms with Gasteiger partial charge in [0.25, 0.3) is 0 Å². The van der Waals surface area contributed by atoms with Crippen LogP contribution >= 0.6 is 0 Å². The molecule has 0 aliphatic carbocycles. The first kappa shape index (κ1) is 16.0. The Morgan fingerprint density at radius 2 is 1.82 bits per heavy atom. The molecule has 0 bridgehead atoms. The van der Waals surface area contributed by atoms with Crippen LogP contribution in [0.4, 0.5) is 0 Å². The van der Waals surface area contributed by atoms with Crippen molar-refractivity contribution in [3.8, 4) is 0 Å². The minimum absolute atomic E-state index is 0.125. The van der Waals surface area contributed by atoms with Crippen LogP contribution in [0.1, 0.15) is 22.8 Å². The van der Waals surface area contributed by atoms with E-state index in [9.17, 15) is 4.79 Å². The number of hydrogen-bond acceptors (Lipinski definition) is 2. The van der Waals surface area contributed by atoms with Crippen LogP contribution in [0, 0.1) is 6.92 Å². The Hall–Kier alpha value is -2.39. The predicted molar refractivity (Wildman–Crippen MR) is 89.4 cm³/mol. The van der Waals surface area contributed by atoms with Crippen LogP contribution in [-0.2, 0) is 9.53 Å². The van der Waals surface area contributed by atoms with Gasteiger partial charge >= 0.3 is 0 Å². The number of benzene rings is 2. The summed E-state index contributed by atoms with van der Waals surface area (Å²) in [5.74, 6) is -0.125. The largest absolute Gasteiger partial charge is 0.375 e. The van der Waals surface area contributed by atoms with Crippen LogP contribution in [0.25, 0.3) is 6.08 Å². The third kappa shape index (κ3) is 4.57. The van der Waals surface area contributed by atoms with E-state index in [-0.39, 0.29) is 12.0 Å². The molecule has 1 amide bonds. The number of carbonyl (C=O) groups is 1. The highest BCUT2D eigenvalue weighted by Crippen LogP contribution is 2.19. The smallest absolute Gasteiger partial charge is 0.244 e. The topological polar surface area (TPSA) is 38.3 Å². The Bertz CT molecular complexity index is 635. The van der Waals surface area contributed by atoms with E-state index in [4.69, 9.17) is 4.74 Å². The molecule has 0 saturated carbocycles. The highest BCUT2D eigenvalue weighted by atomic mass is 16.5. The standard InChI is InChI=1S/C19H21NO2/c1-15-8-6-7-11-17(15)18(22-2)14-20-19(21)13-12-16-9-4-3-5-10-16/h3-13,18H,14H2,1-2H3,(H,20,21). The maximum absolute atomic E-state index is 11.9. The van der Waals surface area contributed by atoms with Gasteiger partial charge < -0.3 is 10.1 Å². The molecule has 1 unspecified atom stereocenters. The molecule has 2 aromatic carbocycles. The molecule has 0 fully saturated rings. The zero-order valence-corrected chi connectivity index (χ0v) is 13.0. The molecule has 1 N–H and O–H groups in total. The number of carbonyl (C=O) groups excluding carboxylic acids is 1. The maximum Gasteiger partial charge on any atom is 0.244 e. The lowest BCUT2D eigenvalue weighted by Crippen LogP contribution is -2.27. The lowest BCUT2D eigenvalue weighted by atomic mass is 10.0. The van der Waals surface area contributed by atoms with Crippen LogP contribution in [0.2, 0.25) is 0 Å². The maximum atomic E-state index is 11.9. The zero-order chi connectivity index (χ0) is 15.8. The Kier molecular flexibility index (Phi) is 5.92. The molecule has 3 nitrogen and oxygen atoms in total. The van der Waals surface area contributed by atoms with Gasteiger partial charge in [-0.1, -0.05) is 54.6 Å². The summed E-state index contributed by atoms with van der Waals surface area (Å²) in [6, 6.07) is 17.8. The van der Waals surface area contributed by atoms with Gasteiger partial charge in [-0.15, -0.1) is 0 Å². The molecule has 114 valence electrons. The van der Waals surface area contributed by atoms with Gasteiger partial charge in [-0.25, -0.2) is 0 Å². The molecule has 0 spiro atoms. The molecule has 0 aliphatic heterocycles. The van der Waals surface area contributed by atoms with Crippen molar-refractivity contribution in [2.45, 2.75) is 13.0 Å². The minimum Gasteiger partial charge on any atom is -0.375 e. The Morgan fingerprint density at radius 1 is 1.14 bits per heavy atom. The quantitative estimate of drug-likeness (QED) is 0.828. The van der Waals surface area contributed by atoms with Gasteiger partial charge in [0.1, 0.15) is 0 Å². The van der Waals surface area contributed by atoms with E-state index in [1.165, 1.54) is 0 Å². The van der Waals surface area contributed by atoms with Crippen LogP contribution in [0.3, 0.4) is 0 Å². The van der Waals surface area contributed by atoms with E-state index in [0.29, 0.717) is 6.54 Å². The van der Waals surface area contributed by atoms with E-state index < -0.39 is 0 Å². The summed E-state index contributed by atoms with van der Waals surface area (Å²) in [6.07, 6.45) is 3.19. The molecule has 0 saturated heterocycles. The first-order valence-corrected chi connectivity index (χ1v) is 7.30. The SMILES string of the molecule is COC(CNC(=O)C=Cc1ccccc1)c1ccccc1C. The number of aryl methyl sites for hydroxylation is 1. The zero-order valence-electron chi connectivity index (χ0n) is 13.0. The summed E-state index contributed by atoms with van der Waals surface area (Å²) in [4.78, 5) is 11.9. The van der Waals surface area contributed by atoms with Gasteiger partial charge in [-0.05, 0) is 29.7 Å². The molecule has 2 rings (SSSR count). The van der Waals surface area contributed by atoms with Crippen LogP contribution in [-0.4, -0.2) is 19.6 Å². The predicted octanol–water partition coefficient (Wildman–Crippen LogP) is 3.51. The first-order valence-electron chi connectivity index (χ1n) is 7.30. The molecule has 0 heterocycles. The second-order valence-corrected chi connectivity index (χ2v) is 5.07. The molecular formula is C19H21NO2. The van der Waals surface area contributed by atoms with Gasteiger partial charge in [0.05, 0.1) is 6.10 Å². The number of ether oxygens (including phenoxy) is 1. The summed E-state index contributed by atoms with van der Waals surface area (Å²) in [7, 11) is 1.66. The summed E-state index contributed by atoms with van der Waals surface area (Å²) >= 11 is 0. The number of nitrogens with one attached hydrogen (secondary N) is 1. The summed E-state index contributed by atoms with van der Waals surface area (Å²) < 4.78 is 5.49. The van der Waals surface area contributed by atoms with Gasteiger partial charge in [0, 0.05) is 19.7 Å². The highest BCUT2D eigenvalue weighted by Gasteiger charge is 2.13. The molecule has 0 aliphatic rings. The summed E-state index contributed by atoms with van der Waals surface area (Å²) in [5, 5.41) is 2.88. The van der Waals surface area contributed by atoms with Crippen molar-refractivity contribution in [1.82, 2.24) is 5.32 Å². The van der Waals surface area contributed by atoms with Crippen molar-refractivity contribution in [3.63, 3.8) is 0 Å². The number of amides is 1. The first-order chi connectivity index (χ1) is 10.7.